The van der Waals surface area contributed by atoms with E-state index in [1.165, 1.54) is 24.3 Å². The summed E-state index contributed by atoms with van der Waals surface area (Å²) in [5, 5.41) is 10.6. The monoisotopic (exact) mass is 395 g/mol. The molecule has 146 valence electrons. The summed E-state index contributed by atoms with van der Waals surface area (Å²) < 4.78 is 29.8. The van der Waals surface area contributed by atoms with Crippen molar-refractivity contribution in [3.63, 3.8) is 0 Å². The molecule has 2 aliphatic rings. The summed E-state index contributed by atoms with van der Waals surface area (Å²) in [6.45, 7) is 3.15. The number of benzene rings is 1. The average Bonchev–Trinajstić information content (AvgIpc) is 2.93. The molecule has 1 aromatic rings. The van der Waals surface area contributed by atoms with E-state index in [1.807, 2.05) is 13.8 Å². The molecule has 2 atom stereocenters. The molecule has 2 aliphatic carbocycles. The van der Waals surface area contributed by atoms with E-state index in [-0.39, 0.29) is 23.0 Å². The van der Waals surface area contributed by atoms with Crippen molar-refractivity contribution in [2.24, 2.45) is 16.7 Å². The van der Waals surface area contributed by atoms with Crippen molar-refractivity contribution in [1.29, 1.82) is 0 Å². The van der Waals surface area contributed by atoms with E-state index in [9.17, 15) is 28.1 Å². The molecule has 8 nitrogen and oxygen atoms in total. The van der Waals surface area contributed by atoms with Crippen molar-refractivity contribution in [2.75, 3.05) is 12.4 Å². The van der Waals surface area contributed by atoms with Crippen LogP contribution in [0.25, 0.3) is 0 Å². The van der Waals surface area contributed by atoms with E-state index in [0.717, 1.165) is 6.42 Å². The number of nitro benzene ring substituents is 1. The summed E-state index contributed by atoms with van der Waals surface area (Å²) in [5.41, 5.74) is -1.42. The van der Waals surface area contributed by atoms with Crippen LogP contribution in [0.4, 0.5) is 5.69 Å². The Balaban J connectivity index is 1.68. The Hall–Kier alpha value is -2.13. The third kappa shape index (κ3) is 3.29. The van der Waals surface area contributed by atoms with Crippen molar-refractivity contribution in [1.82, 2.24) is 0 Å². The first kappa shape index (κ1) is 19.6. The standard InChI is InChI=1S/C18H21NO7S/c1-17(2)13-7-8-18(17,16(21)9-13)11-27(24,25)26-10-15(20)12-3-5-14(6-4-12)19(22)23/h3-6,13H,7-11H2,1-2H3/t13-,18-/m0/s1. The van der Waals surface area contributed by atoms with Crippen LogP contribution >= 0.6 is 0 Å². The number of hydrogen-bond donors (Lipinski definition) is 0. The quantitative estimate of drug-likeness (QED) is 0.301. The fourth-order valence-electron chi connectivity index (χ4n) is 4.45. The number of Topliss-reactive ketones (excluding diaryl/α,β-unsaturated/α-hetero) is 2. The Morgan fingerprint density at radius 3 is 2.41 bits per heavy atom. The van der Waals surface area contributed by atoms with E-state index in [2.05, 4.69) is 0 Å². The molecule has 1 aromatic carbocycles. The maximum atomic E-state index is 12.5. The van der Waals surface area contributed by atoms with Gasteiger partial charge in [0.15, 0.2) is 5.78 Å². The van der Waals surface area contributed by atoms with Gasteiger partial charge in [0.2, 0.25) is 0 Å². The number of carbonyl (C=O) groups is 2. The van der Waals surface area contributed by atoms with Gasteiger partial charge in [0.25, 0.3) is 15.8 Å². The van der Waals surface area contributed by atoms with Crippen LogP contribution in [0.3, 0.4) is 0 Å². The van der Waals surface area contributed by atoms with Gasteiger partial charge in [-0.2, -0.15) is 8.42 Å². The van der Waals surface area contributed by atoms with E-state index in [0.29, 0.717) is 12.8 Å². The largest absolute Gasteiger partial charge is 0.299 e. The van der Waals surface area contributed by atoms with Crippen LogP contribution in [0, 0.1) is 26.9 Å². The van der Waals surface area contributed by atoms with E-state index < -0.39 is 44.0 Å². The molecule has 0 N–H and O–H groups in total. The number of rotatable bonds is 7. The van der Waals surface area contributed by atoms with Crippen LogP contribution in [-0.4, -0.2) is 37.3 Å². The lowest BCUT2D eigenvalue weighted by molar-refractivity contribution is -0.384. The van der Waals surface area contributed by atoms with Crippen molar-refractivity contribution in [3.8, 4) is 0 Å². The minimum atomic E-state index is -4.09. The van der Waals surface area contributed by atoms with Gasteiger partial charge in [0.05, 0.1) is 16.1 Å². The molecule has 0 heterocycles. The Kier molecular flexibility index (Phi) is 4.72. The van der Waals surface area contributed by atoms with Crippen LogP contribution in [0.2, 0.25) is 0 Å². The highest BCUT2D eigenvalue weighted by molar-refractivity contribution is 7.86. The molecule has 0 amide bonds. The van der Waals surface area contributed by atoms with Crippen molar-refractivity contribution >= 4 is 27.4 Å². The molecule has 0 radical (unpaired) electrons. The van der Waals surface area contributed by atoms with Crippen LogP contribution in [0.15, 0.2) is 24.3 Å². The zero-order valence-electron chi connectivity index (χ0n) is 15.1. The summed E-state index contributed by atoms with van der Waals surface area (Å²) >= 11 is 0. The van der Waals surface area contributed by atoms with E-state index >= 15 is 0 Å². The van der Waals surface area contributed by atoms with E-state index in [1.54, 1.807) is 0 Å². The first-order chi connectivity index (χ1) is 12.5. The van der Waals surface area contributed by atoms with Gasteiger partial charge in [-0.25, -0.2) is 0 Å². The first-order valence-corrected chi connectivity index (χ1v) is 10.2. The molecule has 2 saturated carbocycles. The second-order valence-electron chi connectivity index (χ2n) is 7.86. The number of carbonyl (C=O) groups excluding carboxylic acids is 2. The lowest BCUT2D eigenvalue weighted by Crippen LogP contribution is -2.42. The van der Waals surface area contributed by atoms with Gasteiger partial charge in [-0.05, 0) is 36.3 Å². The molecule has 2 bridgehead atoms. The maximum absolute atomic E-state index is 12.5. The number of nitrogens with zero attached hydrogens (tertiary/aromatic N) is 1. The molecular formula is C18H21NO7S. The first-order valence-electron chi connectivity index (χ1n) is 8.67. The summed E-state index contributed by atoms with van der Waals surface area (Å²) in [4.78, 5) is 34.6. The van der Waals surface area contributed by atoms with Gasteiger partial charge in [-0.15, -0.1) is 0 Å². The van der Waals surface area contributed by atoms with Crippen molar-refractivity contribution in [3.05, 3.63) is 39.9 Å². The van der Waals surface area contributed by atoms with Crippen molar-refractivity contribution < 1.29 is 27.1 Å². The van der Waals surface area contributed by atoms with Crippen LogP contribution in [-0.2, 0) is 19.1 Å². The SMILES string of the molecule is CC1(C)[C@H]2CC[C@]1(CS(=O)(=O)OCC(=O)c1ccc([N+](=O)[O-])cc1)C(=O)C2. The number of nitro groups is 1. The molecule has 0 saturated heterocycles. The van der Waals surface area contributed by atoms with E-state index in [4.69, 9.17) is 4.18 Å². The maximum Gasteiger partial charge on any atom is 0.269 e. The predicted octanol–water partition coefficient (Wildman–Crippen LogP) is 2.52. The highest BCUT2D eigenvalue weighted by atomic mass is 32.2. The number of ketones is 2. The highest BCUT2D eigenvalue weighted by Gasteiger charge is 2.65. The Bertz CT molecular complexity index is 904. The summed E-state index contributed by atoms with van der Waals surface area (Å²) in [5.74, 6) is -0.887. The van der Waals surface area contributed by atoms with Gasteiger partial charge in [0.1, 0.15) is 12.4 Å². The Labute approximate surface area is 157 Å². The number of fused-ring (bicyclic) bond motifs is 2. The minimum Gasteiger partial charge on any atom is -0.299 e. The third-order valence-corrected chi connectivity index (χ3v) is 7.66. The molecule has 27 heavy (non-hydrogen) atoms. The number of non-ortho nitro benzene ring substituents is 1. The Morgan fingerprint density at radius 1 is 1.30 bits per heavy atom. The highest BCUT2D eigenvalue weighted by Crippen LogP contribution is 2.64. The zero-order chi connectivity index (χ0) is 20.0. The second-order valence-corrected chi connectivity index (χ2v) is 9.50. The molecule has 0 aliphatic heterocycles. The van der Waals surface area contributed by atoms with Gasteiger partial charge in [-0.1, -0.05) is 13.8 Å². The van der Waals surface area contributed by atoms with Crippen molar-refractivity contribution in [2.45, 2.75) is 33.1 Å². The summed E-state index contributed by atoms with van der Waals surface area (Å²) in [7, 11) is -4.09. The topological polar surface area (TPSA) is 121 Å². The summed E-state index contributed by atoms with van der Waals surface area (Å²) in [6, 6.07) is 4.83. The van der Waals surface area contributed by atoms with Crippen LogP contribution in [0.5, 0.6) is 0 Å². The molecule has 9 heteroatoms. The molecule has 2 fully saturated rings. The molecular weight excluding hydrogens is 374 g/mol. The average molecular weight is 395 g/mol. The zero-order valence-corrected chi connectivity index (χ0v) is 16.0. The normalized spacial score (nSPS) is 26.3. The van der Waals surface area contributed by atoms with Gasteiger partial charge in [-0.3, -0.25) is 23.9 Å². The molecule has 0 aromatic heterocycles. The van der Waals surface area contributed by atoms with Gasteiger partial charge in [0, 0.05) is 24.1 Å². The molecule has 3 rings (SSSR count). The Morgan fingerprint density at radius 2 is 1.93 bits per heavy atom. The van der Waals surface area contributed by atoms with Gasteiger partial charge >= 0.3 is 0 Å². The molecule has 0 unspecified atom stereocenters. The lowest BCUT2D eigenvalue weighted by Gasteiger charge is -2.35. The fourth-order valence-corrected chi connectivity index (χ4v) is 6.10. The smallest absolute Gasteiger partial charge is 0.269 e. The minimum absolute atomic E-state index is 0.0439. The second kappa shape index (κ2) is 6.49. The van der Waals surface area contributed by atoms with Crippen LogP contribution < -0.4 is 0 Å². The number of hydrogen-bond acceptors (Lipinski definition) is 7. The lowest BCUT2D eigenvalue weighted by atomic mass is 9.70. The molecule has 0 spiro atoms. The predicted molar refractivity (Wildman–Crippen MR) is 95.7 cm³/mol. The third-order valence-electron chi connectivity index (χ3n) is 6.33. The summed E-state index contributed by atoms with van der Waals surface area (Å²) in [6.07, 6.45) is 1.72. The fraction of sp³-hybridized carbons (Fsp3) is 0.556. The van der Waals surface area contributed by atoms with Crippen LogP contribution in [0.1, 0.15) is 43.5 Å². The van der Waals surface area contributed by atoms with Gasteiger partial charge < -0.3 is 0 Å².